The first kappa shape index (κ1) is 25.3. The van der Waals surface area contributed by atoms with Gasteiger partial charge in [-0.1, -0.05) is 41.9 Å². The second-order valence-electron chi connectivity index (χ2n) is 7.79. The molecule has 0 aliphatic rings. The van der Waals surface area contributed by atoms with Crippen molar-refractivity contribution < 1.29 is 27.5 Å². The van der Waals surface area contributed by atoms with Crippen molar-refractivity contribution in [2.24, 2.45) is 0 Å². The lowest BCUT2D eigenvalue weighted by molar-refractivity contribution is -0.137. The molecule has 0 aromatic heterocycles. The van der Waals surface area contributed by atoms with Crippen molar-refractivity contribution in [2.45, 2.75) is 25.9 Å². The number of carbonyl (C=O) groups is 2. The molecule has 0 aliphatic heterocycles. The number of hydrogen-bond donors (Lipinski definition) is 2. The Bertz CT molecular complexity index is 1200. The van der Waals surface area contributed by atoms with E-state index in [0.29, 0.717) is 11.4 Å². The van der Waals surface area contributed by atoms with Crippen molar-refractivity contribution in [1.29, 1.82) is 0 Å². The molecule has 0 saturated carbocycles. The minimum Gasteiger partial charge on any atom is -0.483 e. The molecule has 9 heteroatoms. The van der Waals surface area contributed by atoms with Crippen LogP contribution in [-0.4, -0.2) is 18.4 Å². The Morgan fingerprint density at radius 2 is 1.62 bits per heavy atom. The second-order valence-corrected chi connectivity index (χ2v) is 8.70. The lowest BCUT2D eigenvalue weighted by Crippen LogP contribution is -2.21. The minimum absolute atomic E-state index is 0.0121. The highest BCUT2D eigenvalue weighted by molar-refractivity contribution is 9.10. The van der Waals surface area contributed by atoms with E-state index in [4.69, 9.17) is 4.74 Å². The molecule has 0 radical (unpaired) electrons. The van der Waals surface area contributed by atoms with Crippen molar-refractivity contribution in [3.05, 3.63) is 87.9 Å². The molecule has 0 heterocycles. The highest BCUT2D eigenvalue weighted by atomic mass is 79.9. The molecular formula is C25H22BrF3N2O3. The summed E-state index contributed by atoms with van der Waals surface area (Å²) in [5, 5.41) is 5.10. The zero-order valence-electron chi connectivity index (χ0n) is 18.4. The van der Waals surface area contributed by atoms with Crippen LogP contribution in [0, 0.1) is 0 Å². The van der Waals surface area contributed by atoms with Gasteiger partial charge in [0.15, 0.2) is 6.61 Å². The van der Waals surface area contributed by atoms with Gasteiger partial charge >= 0.3 is 6.18 Å². The predicted molar refractivity (Wildman–Crippen MR) is 128 cm³/mol. The summed E-state index contributed by atoms with van der Waals surface area (Å²) in [6.07, 6.45) is -4.51. The van der Waals surface area contributed by atoms with Crippen molar-refractivity contribution >= 4 is 39.1 Å². The molecule has 34 heavy (non-hydrogen) atoms. The Labute approximate surface area is 203 Å². The highest BCUT2D eigenvalue weighted by Gasteiger charge is 2.30. The van der Waals surface area contributed by atoms with Crippen molar-refractivity contribution in [3.8, 4) is 5.75 Å². The fraction of sp³-hybridized carbons (Fsp3) is 0.200. The van der Waals surface area contributed by atoms with Crippen LogP contribution in [0.15, 0.2) is 71.2 Å². The fourth-order valence-electron chi connectivity index (χ4n) is 3.16. The Hall–Kier alpha value is -3.33. The Kier molecular flexibility index (Phi) is 7.98. The first-order valence-electron chi connectivity index (χ1n) is 10.3. The first-order valence-corrected chi connectivity index (χ1v) is 11.1. The van der Waals surface area contributed by atoms with Crippen LogP contribution < -0.4 is 15.4 Å². The van der Waals surface area contributed by atoms with Crippen molar-refractivity contribution in [2.75, 3.05) is 17.2 Å². The first-order chi connectivity index (χ1) is 16.0. The fourth-order valence-corrected chi connectivity index (χ4v) is 3.54. The summed E-state index contributed by atoms with van der Waals surface area (Å²) < 4.78 is 45.3. The number of rotatable bonds is 7. The van der Waals surface area contributed by atoms with Crippen LogP contribution in [0.25, 0.3) is 0 Å². The molecule has 3 aromatic carbocycles. The van der Waals surface area contributed by atoms with Crippen LogP contribution in [0.3, 0.4) is 0 Å². The van der Waals surface area contributed by atoms with Crippen molar-refractivity contribution in [3.63, 3.8) is 0 Å². The molecule has 0 saturated heterocycles. The van der Waals surface area contributed by atoms with Gasteiger partial charge in [0.05, 0.1) is 5.56 Å². The van der Waals surface area contributed by atoms with Crippen LogP contribution in [0.1, 0.15) is 41.3 Å². The molecule has 3 aromatic rings. The summed E-state index contributed by atoms with van der Waals surface area (Å²) in [5.41, 5.74) is 0.627. The van der Waals surface area contributed by atoms with E-state index in [-0.39, 0.29) is 23.8 Å². The standard InChI is InChI=1S/C25H22BrF3N2O3/c1-15(2)21-13-18(26)9-10-22(21)34-14-23(32)30-19-7-3-5-16(11-19)24(33)31-20-8-4-6-17(12-20)25(27,28)29/h3-13,15H,14H2,1-2H3,(H,30,32)(H,31,33). The van der Waals surface area contributed by atoms with Gasteiger partial charge in [0, 0.05) is 21.4 Å². The molecule has 0 bridgehead atoms. The van der Waals surface area contributed by atoms with Gasteiger partial charge in [0.2, 0.25) is 0 Å². The van der Waals surface area contributed by atoms with E-state index >= 15 is 0 Å². The zero-order valence-corrected chi connectivity index (χ0v) is 20.0. The third-order valence-corrected chi connectivity index (χ3v) is 5.30. The van der Waals surface area contributed by atoms with E-state index in [1.165, 1.54) is 24.3 Å². The van der Waals surface area contributed by atoms with Gasteiger partial charge in [-0.2, -0.15) is 13.2 Å². The van der Waals surface area contributed by atoms with Crippen LogP contribution in [0.2, 0.25) is 0 Å². The SMILES string of the molecule is CC(C)c1cc(Br)ccc1OCC(=O)Nc1cccc(C(=O)Nc2cccc(C(F)(F)F)c2)c1. The lowest BCUT2D eigenvalue weighted by Gasteiger charge is -2.14. The quantitative estimate of drug-likeness (QED) is 0.348. The Balaban J connectivity index is 1.63. The van der Waals surface area contributed by atoms with Crippen LogP contribution >= 0.6 is 15.9 Å². The number of alkyl halides is 3. The largest absolute Gasteiger partial charge is 0.483 e. The summed E-state index contributed by atoms with van der Waals surface area (Å²) >= 11 is 3.42. The van der Waals surface area contributed by atoms with Gasteiger partial charge in [-0.15, -0.1) is 0 Å². The smallest absolute Gasteiger partial charge is 0.416 e. The number of ether oxygens (including phenoxy) is 1. The van der Waals surface area contributed by atoms with E-state index < -0.39 is 23.6 Å². The second kappa shape index (κ2) is 10.7. The molecule has 2 amide bonds. The Morgan fingerprint density at radius 3 is 2.29 bits per heavy atom. The summed E-state index contributed by atoms with van der Waals surface area (Å²) in [7, 11) is 0. The predicted octanol–water partition coefficient (Wildman–Crippen LogP) is 6.86. The number of hydrogen-bond acceptors (Lipinski definition) is 3. The Morgan fingerprint density at radius 1 is 0.941 bits per heavy atom. The number of amides is 2. The van der Waals surface area contributed by atoms with Crippen LogP contribution in [-0.2, 0) is 11.0 Å². The molecular weight excluding hydrogens is 513 g/mol. The van der Waals surface area contributed by atoms with Gasteiger partial charge in [-0.05, 0) is 66.1 Å². The molecule has 2 N–H and O–H groups in total. The number of halogens is 4. The van der Waals surface area contributed by atoms with Gasteiger partial charge in [0.1, 0.15) is 5.75 Å². The average Bonchev–Trinajstić information content (AvgIpc) is 2.78. The van der Waals surface area contributed by atoms with E-state index in [1.54, 1.807) is 18.2 Å². The molecule has 178 valence electrons. The lowest BCUT2D eigenvalue weighted by atomic mass is 10.0. The third kappa shape index (κ3) is 6.84. The molecule has 0 fully saturated rings. The van der Waals surface area contributed by atoms with E-state index in [9.17, 15) is 22.8 Å². The third-order valence-electron chi connectivity index (χ3n) is 4.81. The topological polar surface area (TPSA) is 67.4 Å². The molecule has 0 atom stereocenters. The summed E-state index contributed by atoms with van der Waals surface area (Å²) in [5.74, 6) is -0.235. The van der Waals surface area contributed by atoms with Crippen molar-refractivity contribution in [1.82, 2.24) is 0 Å². The molecule has 3 rings (SSSR count). The zero-order chi connectivity index (χ0) is 24.9. The minimum atomic E-state index is -4.51. The molecule has 0 unspecified atom stereocenters. The van der Waals surface area contributed by atoms with Gasteiger partial charge in [0.25, 0.3) is 11.8 Å². The maximum absolute atomic E-state index is 12.9. The summed E-state index contributed by atoms with van der Waals surface area (Å²) in [6.45, 7) is 3.80. The molecule has 0 aliphatic carbocycles. The van der Waals surface area contributed by atoms with E-state index in [2.05, 4.69) is 26.6 Å². The van der Waals surface area contributed by atoms with Gasteiger partial charge in [-0.3, -0.25) is 9.59 Å². The van der Waals surface area contributed by atoms with Crippen LogP contribution in [0.5, 0.6) is 5.75 Å². The normalized spacial score (nSPS) is 11.3. The molecule has 5 nitrogen and oxygen atoms in total. The number of carbonyl (C=O) groups excluding carboxylic acids is 2. The number of anilines is 2. The summed E-state index contributed by atoms with van der Waals surface area (Å²) in [4.78, 5) is 24.9. The average molecular weight is 535 g/mol. The monoisotopic (exact) mass is 534 g/mol. The van der Waals surface area contributed by atoms with Gasteiger partial charge in [-0.25, -0.2) is 0 Å². The van der Waals surface area contributed by atoms with Crippen LogP contribution in [0.4, 0.5) is 24.5 Å². The van der Waals surface area contributed by atoms with E-state index in [0.717, 1.165) is 22.2 Å². The maximum atomic E-state index is 12.9. The van der Waals surface area contributed by atoms with Gasteiger partial charge < -0.3 is 15.4 Å². The molecule has 0 spiro atoms. The number of nitrogens with one attached hydrogen (secondary N) is 2. The highest BCUT2D eigenvalue weighted by Crippen LogP contribution is 2.31. The maximum Gasteiger partial charge on any atom is 0.416 e. The van der Waals surface area contributed by atoms with E-state index in [1.807, 2.05) is 26.0 Å². The number of benzene rings is 3. The summed E-state index contributed by atoms with van der Waals surface area (Å²) in [6, 6.07) is 16.0.